The number of thioether (sulfide) groups is 1. The summed E-state index contributed by atoms with van der Waals surface area (Å²) in [6, 6.07) is 5.50. The highest BCUT2D eigenvalue weighted by atomic mass is 35.5. The van der Waals surface area contributed by atoms with Gasteiger partial charge in [-0.3, -0.25) is 0 Å². The molecule has 100 valence electrons. The van der Waals surface area contributed by atoms with Crippen LogP contribution in [0.4, 0.5) is 5.69 Å². The van der Waals surface area contributed by atoms with Gasteiger partial charge in [-0.15, -0.1) is 0 Å². The van der Waals surface area contributed by atoms with Gasteiger partial charge in [0.15, 0.2) is 5.84 Å². The number of anilines is 1. The number of nitrogens with zero attached hydrogens (tertiary/aromatic N) is 2. The van der Waals surface area contributed by atoms with Crippen LogP contribution >= 0.6 is 23.4 Å². The largest absolute Gasteiger partial charge is 0.409 e. The Morgan fingerprint density at radius 3 is 2.83 bits per heavy atom. The monoisotopic (exact) mass is 287 g/mol. The van der Waals surface area contributed by atoms with Gasteiger partial charge in [-0.05, 0) is 36.6 Å². The first kappa shape index (κ1) is 15.0. The zero-order chi connectivity index (χ0) is 13.5. The van der Waals surface area contributed by atoms with E-state index in [4.69, 9.17) is 22.5 Å². The number of oxime groups is 1. The van der Waals surface area contributed by atoms with Gasteiger partial charge in [0.1, 0.15) is 0 Å². The Bertz CT molecular complexity index is 426. The average molecular weight is 288 g/mol. The molecule has 0 aliphatic rings. The normalized spacial score (nSPS) is 11.6. The topological polar surface area (TPSA) is 61.8 Å². The van der Waals surface area contributed by atoms with E-state index in [2.05, 4.69) is 16.3 Å². The van der Waals surface area contributed by atoms with E-state index in [1.807, 2.05) is 30.9 Å². The molecule has 0 radical (unpaired) electrons. The Hall–Kier alpha value is -1.07. The van der Waals surface area contributed by atoms with E-state index in [9.17, 15) is 0 Å². The molecule has 0 saturated heterocycles. The third-order valence-electron chi connectivity index (χ3n) is 2.62. The van der Waals surface area contributed by atoms with Crippen molar-refractivity contribution in [1.82, 2.24) is 0 Å². The summed E-state index contributed by atoms with van der Waals surface area (Å²) in [5, 5.41) is 12.1. The molecule has 1 aromatic rings. The van der Waals surface area contributed by atoms with Crippen molar-refractivity contribution >= 4 is 34.9 Å². The molecule has 0 fully saturated rings. The molecule has 0 atom stereocenters. The minimum absolute atomic E-state index is 0.0246. The van der Waals surface area contributed by atoms with Crippen molar-refractivity contribution in [3.8, 4) is 0 Å². The SMILES string of the molecule is CSCCCN(C)c1ccc(/C(N)=N/O)c(Cl)c1. The summed E-state index contributed by atoms with van der Waals surface area (Å²) in [5.74, 6) is 1.16. The van der Waals surface area contributed by atoms with Gasteiger partial charge in [0.2, 0.25) is 0 Å². The van der Waals surface area contributed by atoms with E-state index in [1.165, 1.54) is 0 Å². The summed E-state index contributed by atoms with van der Waals surface area (Å²) in [6.45, 7) is 0.972. The van der Waals surface area contributed by atoms with E-state index in [1.54, 1.807) is 6.07 Å². The molecule has 0 bridgehead atoms. The number of nitrogens with two attached hydrogens (primary N) is 1. The molecule has 6 heteroatoms. The van der Waals surface area contributed by atoms with Gasteiger partial charge in [0, 0.05) is 24.8 Å². The number of amidine groups is 1. The highest BCUT2D eigenvalue weighted by Crippen LogP contribution is 2.23. The Balaban J connectivity index is 2.77. The molecule has 0 spiro atoms. The Morgan fingerprint density at radius 2 is 2.28 bits per heavy atom. The van der Waals surface area contributed by atoms with Gasteiger partial charge in [-0.25, -0.2) is 0 Å². The van der Waals surface area contributed by atoms with E-state index < -0.39 is 0 Å². The van der Waals surface area contributed by atoms with Gasteiger partial charge in [0.05, 0.1) is 5.02 Å². The second-order valence-electron chi connectivity index (χ2n) is 3.92. The fourth-order valence-corrected chi connectivity index (χ4v) is 2.27. The maximum atomic E-state index is 8.63. The predicted octanol–water partition coefficient (Wildman–Crippen LogP) is 2.62. The highest BCUT2D eigenvalue weighted by molar-refractivity contribution is 7.98. The summed E-state index contributed by atoms with van der Waals surface area (Å²) in [4.78, 5) is 2.14. The first-order chi connectivity index (χ1) is 8.60. The van der Waals surface area contributed by atoms with Gasteiger partial charge in [-0.2, -0.15) is 11.8 Å². The van der Waals surface area contributed by atoms with Gasteiger partial charge < -0.3 is 15.8 Å². The Morgan fingerprint density at radius 1 is 1.56 bits per heavy atom. The van der Waals surface area contributed by atoms with Crippen LogP contribution < -0.4 is 10.6 Å². The molecule has 0 amide bonds. The number of halogens is 1. The predicted molar refractivity (Wildman–Crippen MR) is 80.2 cm³/mol. The molecule has 1 aromatic carbocycles. The fourth-order valence-electron chi connectivity index (χ4n) is 1.58. The lowest BCUT2D eigenvalue weighted by molar-refractivity contribution is 0.318. The minimum atomic E-state index is 0.0246. The van der Waals surface area contributed by atoms with E-state index in [0.717, 1.165) is 24.4 Å². The number of benzene rings is 1. The van der Waals surface area contributed by atoms with Gasteiger partial charge in [-0.1, -0.05) is 16.8 Å². The van der Waals surface area contributed by atoms with Crippen molar-refractivity contribution < 1.29 is 5.21 Å². The molecule has 0 aromatic heterocycles. The van der Waals surface area contributed by atoms with Crippen LogP contribution in [-0.4, -0.2) is 36.6 Å². The lowest BCUT2D eigenvalue weighted by atomic mass is 10.2. The lowest BCUT2D eigenvalue weighted by Gasteiger charge is -2.19. The average Bonchev–Trinajstić information content (AvgIpc) is 2.38. The Kier molecular flexibility index (Phi) is 6.15. The zero-order valence-corrected chi connectivity index (χ0v) is 12.1. The summed E-state index contributed by atoms with van der Waals surface area (Å²) in [6.07, 6.45) is 3.22. The van der Waals surface area contributed by atoms with Crippen LogP contribution in [0.1, 0.15) is 12.0 Å². The van der Waals surface area contributed by atoms with Crippen molar-refractivity contribution in [3.05, 3.63) is 28.8 Å². The van der Waals surface area contributed by atoms with Crippen molar-refractivity contribution in [3.63, 3.8) is 0 Å². The maximum absolute atomic E-state index is 8.63. The number of hydrogen-bond acceptors (Lipinski definition) is 4. The molecule has 0 heterocycles. The molecule has 1 rings (SSSR count). The molecular formula is C12H18ClN3OS. The molecule has 3 N–H and O–H groups in total. The number of rotatable bonds is 6. The molecule has 0 saturated carbocycles. The van der Waals surface area contributed by atoms with Crippen LogP contribution in [0.5, 0.6) is 0 Å². The quantitative estimate of drug-likeness (QED) is 0.278. The van der Waals surface area contributed by atoms with Crippen LogP contribution in [0, 0.1) is 0 Å². The van der Waals surface area contributed by atoms with Crippen LogP contribution in [0.2, 0.25) is 5.02 Å². The maximum Gasteiger partial charge on any atom is 0.171 e. The van der Waals surface area contributed by atoms with Crippen molar-refractivity contribution in [2.75, 3.05) is 30.5 Å². The van der Waals surface area contributed by atoms with Crippen molar-refractivity contribution in [2.24, 2.45) is 10.9 Å². The Labute approximate surface area is 117 Å². The summed E-state index contributed by atoms with van der Waals surface area (Å²) in [5.41, 5.74) is 7.08. The molecule has 0 aliphatic heterocycles. The minimum Gasteiger partial charge on any atom is -0.409 e. The lowest BCUT2D eigenvalue weighted by Crippen LogP contribution is -2.20. The van der Waals surface area contributed by atoms with Crippen LogP contribution in [0.25, 0.3) is 0 Å². The van der Waals surface area contributed by atoms with Crippen LogP contribution in [0.15, 0.2) is 23.4 Å². The molecule has 4 nitrogen and oxygen atoms in total. The third-order valence-corrected chi connectivity index (χ3v) is 3.63. The van der Waals surface area contributed by atoms with Crippen molar-refractivity contribution in [1.29, 1.82) is 0 Å². The zero-order valence-electron chi connectivity index (χ0n) is 10.6. The summed E-state index contributed by atoms with van der Waals surface area (Å²) < 4.78 is 0. The first-order valence-corrected chi connectivity index (χ1v) is 7.35. The van der Waals surface area contributed by atoms with Gasteiger partial charge >= 0.3 is 0 Å². The van der Waals surface area contributed by atoms with Crippen LogP contribution in [-0.2, 0) is 0 Å². The van der Waals surface area contributed by atoms with E-state index in [-0.39, 0.29) is 5.84 Å². The standard InChI is InChI=1S/C12H18ClN3OS/c1-16(6-3-7-18-2)9-4-5-10(11(13)8-9)12(14)15-17/h4-5,8,17H,3,6-7H2,1-2H3,(H2,14,15). The summed E-state index contributed by atoms with van der Waals surface area (Å²) >= 11 is 7.94. The number of hydrogen-bond donors (Lipinski definition) is 2. The summed E-state index contributed by atoms with van der Waals surface area (Å²) in [7, 11) is 2.02. The second kappa shape index (κ2) is 7.38. The second-order valence-corrected chi connectivity index (χ2v) is 5.31. The highest BCUT2D eigenvalue weighted by Gasteiger charge is 2.08. The molecule has 18 heavy (non-hydrogen) atoms. The molecule has 0 unspecified atom stereocenters. The molecular weight excluding hydrogens is 270 g/mol. The van der Waals surface area contributed by atoms with Gasteiger partial charge in [0.25, 0.3) is 0 Å². The van der Waals surface area contributed by atoms with Crippen LogP contribution in [0.3, 0.4) is 0 Å². The third kappa shape index (κ3) is 3.99. The van der Waals surface area contributed by atoms with Crippen molar-refractivity contribution in [2.45, 2.75) is 6.42 Å². The van der Waals surface area contributed by atoms with E-state index in [0.29, 0.717) is 10.6 Å². The fraction of sp³-hybridized carbons (Fsp3) is 0.417. The smallest absolute Gasteiger partial charge is 0.171 e. The van der Waals surface area contributed by atoms with E-state index >= 15 is 0 Å². The molecule has 0 aliphatic carbocycles. The first-order valence-electron chi connectivity index (χ1n) is 5.57.